The van der Waals surface area contributed by atoms with Crippen molar-refractivity contribution in [1.29, 1.82) is 0 Å². The van der Waals surface area contributed by atoms with E-state index in [1.54, 1.807) is 12.1 Å². The van der Waals surface area contributed by atoms with E-state index in [0.717, 1.165) is 0 Å². The van der Waals surface area contributed by atoms with Crippen LogP contribution in [0, 0.1) is 15.5 Å². The van der Waals surface area contributed by atoms with E-state index < -0.39 is 16.3 Å². The summed E-state index contributed by atoms with van der Waals surface area (Å²) in [4.78, 5) is 21.8. The number of nitrogens with one attached hydrogen (secondary N) is 1. The lowest BCUT2D eigenvalue weighted by Gasteiger charge is -2.33. The van der Waals surface area contributed by atoms with Crippen molar-refractivity contribution in [2.24, 2.45) is 5.41 Å². The van der Waals surface area contributed by atoms with E-state index in [1.807, 2.05) is 0 Å². The van der Waals surface area contributed by atoms with Crippen LogP contribution >= 0.6 is 0 Å². The molecule has 1 aromatic rings. The number of nitrogens with zero attached hydrogens (tertiary/aromatic N) is 1. The van der Waals surface area contributed by atoms with E-state index in [2.05, 4.69) is 5.32 Å². The van der Waals surface area contributed by atoms with Crippen molar-refractivity contribution in [3.63, 3.8) is 0 Å². The molecule has 1 aromatic carbocycles. The second kappa shape index (κ2) is 5.36. The number of aliphatic carboxylic acids is 1. The molecule has 0 bridgehead atoms. The standard InChI is InChI=1S/C13H16N2O4/c16-12(17)13(4-6-14-7-5-13)9-10-2-1-3-11(8-10)15(18)19/h1-3,8,14H,4-7,9H2,(H,16,17). The van der Waals surface area contributed by atoms with Gasteiger partial charge in [-0.05, 0) is 37.9 Å². The van der Waals surface area contributed by atoms with Crippen molar-refractivity contribution in [3.8, 4) is 0 Å². The molecular weight excluding hydrogens is 248 g/mol. The maximum Gasteiger partial charge on any atom is 0.310 e. The summed E-state index contributed by atoms with van der Waals surface area (Å²) in [5.41, 5.74) is -0.0917. The molecule has 0 saturated carbocycles. The van der Waals surface area contributed by atoms with Crippen LogP contribution in [-0.4, -0.2) is 29.1 Å². The fourth-order valence-electron chi connectivity index (χ4n) is 2.54. The lowest BCUT2D eigenvalue weighted by molar-refractivity contribution is -0.384. The second-order valence-electron chi connectivity index (χ2n) is 4.94. The van der Waals surface area contributed by atoms with Crippen LogP contribution in [0.15, 0.2) is 24.3 Å². The van der Waals surface area contributed by atoms with Crippen molar-refractivity contribution in [1.82, 2.24) is 5.32 Å². The van der Waals surface area contributed by atoms with Gasteiger partial charge in [0.1, 0.15) is 0 Å². The van der Waals surface area contributed by atoms with Crippen LogP contribution in [0.1, 0.15) is 18.4 Å². The molecule has 1 heterocycles. The number of carboxylic acid groups (broad SMARTS) is 1. The fourth-order valence-corrected chi connectivity index (χ4v) is 2.54. The lowest BCUT2D eigenvalue weighted by atomic mass is 9.74. The molecule has 102 valence electrons. The van der Waals surface area contributed by atoms with E-state index in [4.69, 9.17) is 0 Å². The average Bonchev–Trinajstić information content (AvgIpc) is 2.40. The first-order chi connectivity index (χ1) is 9.03. The summed E-state index contributed by atoms with van der Waals surface area (Å²) in [6.07, 6.45) is 1.43. The number of hydrogen-bond acceptors (Lipinski definition) is 4. The van der Waals surface area contributed by atoms with E-state index in [1.165, 1.54) is 12.1 Å². The molecule has 2 rings (SSSR count). The smallest absolute Gasteiger partial charge is 0.310 e. The fraction of sp³-hybridized carbons (Fsp3) is 0.462. The minimum atomic E-state index is -0.819. The van der Waals surface area contributed by atoms with Gasteiger partial charge < -0.3 is 10.4 Å². The van der Waals surface area contributed by atoms with Crippen LogP contribution in [0.25, 0.3) is 0 Å². The second-order valence-corrected chi connectivity index (χ2v) is 4.94. The van der Waals surface area contributed by atoms with E-state index >= 15 is 0 Å². The number of nitro benzene ring substituents is 1. The molecule has 2 N–H and O–H groups in total. The molecule has 0 aliphatic carbocycles. The minimum Gasteiger partial charge on any atom is -0.481 e. The Morgan fingerprint density at radius 2 is 2.11 bits per heavy atom. The highest BCUT2D eigenvalue weighted by molar-refractivity contribution is 5.75. The molecule has 6 heteroatoms. The van der Waals surface area contributed by atoms with Crippen LogP contribution in [0.4, 0.5) is 5.69 Å². The van der Waals surface area contributed by atoms with Crippen molar-refractivity contribution in [2.45, 2.75) is 19.3 Å². The van der Waals surface area contributed by atoms with Crippen molar-refractivity contribution in [3.05, 3.63) is 39.9 Å². The highest BCUT2D eigenvalue weighted by Gasteiger charge is 2.39. The van der Waals surface area contributed by atoms with Crippen LogP contribution in [-0.2, 0) is 11.2 Å². The van der Waals surface area contributed by atoms with Crippen LogP contribution < -0.4 is 5.32 Å². The number of nitro groups is 1. The van der Waals surface area contributed by atoms with Crippen molar-refractivity contribution in [2.75, 3.05) is 13.1 Å². The average molecular weight is 264 g/mol. The summed E-state index contributed by atoms with van der Waals surface area (Å²) >= 11 is 0. The molecule has 1 aliphatic rings. The van der Waals surface area contributed by atoms with Gasteiger partial charge in [-0.15, -0.1) is 0 Å². The van der Waals surface area contributed by atoms with Gasteiger partial charge in [-0.2, -0.15) is 0 Å². The monoisotopic (exact) mass is 264 g/mol. The van der Waals surface area contributed by atoms with Crippen molar-refractivity contribution >= 4 is 11.7 Å². The molecule has 6 nitrogen and oxygen atoms in total. The number of piperidine rings is 1. The highest BCUT2D eigenvalue weighted by atomic mass is 16.6. The third-order valence-electron chi connectivity index (χ3n) is 3.68. The predicted octanol–water partition coefficient (Wildman–Crippen LogP) is 1.59. The minimum absolute atomic E-state index is 0.00646. The van der Waals surface area contributed by atoms with E-state index in [0.29, 0.717) is 37.9 Å². The first kappa shape index (κ1) is 13.5. The molecule has 1 aliphatic heterocycles. The Bertz CT molecular complexity index is 495. The zero-order valence-corrected chi connectivity index (χ0v) is 10.5. The predicted molar refractivity (Wildman–Crippen MR) is 69.0 cm³/mol. The molecule has 0 spiro atoms. The topological polar surface area (TPSA) is 92.5 Å². The SMILES string of the molecule is O=C(O)C1(Cc2cccc([N+](=O)[O-])c2)CCNCC1. The number of non-ortho nitro benzene ring substituents is 1. The van der Waals surface area contributed by atoms with Gasteiger partial charge in [0.25, 0.3) is 5.69 Å². The summed E-state index contributed by atoms with van der Waals surface area (Å²) in [6, 6.07) is 6.23. The van der Waals surface area contributed by atoms with Crippen molar-refractivity contribution < 1.29 is 14.8 Å². The quantitative estimate of drug-likeness (QED) is 0.636. The van der Waals surface area contributed by atoms with E-state index in [9.17, 15) is 20.0 Å². The summed E-state index contributed by atoms with van der Waals surface area (Å²) in [5, 5.41) is 23.3. The molecule has 0 amide bonds. The largest absolute Gasteiger partial charge is 0.481 e. The Hall–Kier alpha value is -1.95. The Labute approximate surface area is 110 Å². The summed E-state index contributed by atoms with van der Waals surface area (Å²) in [6.45, 7) is 1.34. The van der Waals surface area contributed by atoms with Gasteiger partial charge in [0.05, 0.1) is 10.3 Å². The number of carbonyl (C=O) groups is 1. The maximum atomic E-state index is 11.5. The summed E-state index contributed by atoms with van der Waals surface area (Å²) in [5.74, 6) is -0.819. The number of rotatable bonds is 4. The molecule has 0 atom stereocenters. The van der Waals surface area contributed by atoms with Gasteiger partial charge in [0.2, 0.25) is 0 Å². The van der Waals surface area contributed by atoms with Gasteiger partial charge in [0, 0.05) is 12.1 Å². The molecule has 19 heavy (non-hydrogen) atoms. The zero-order chi connectivity index (χ0) is 13.9. The van der Waals surface area contributed by atoms with Gasteiger partial charge in [-0.25, -0.2) is 0 Å². The van der Waals surface area contributed by atoms with Gasteiger partial charge in [-0.3, -0.25) is 14.9 Å². The Kier molecular flexibility index (Phi) is 3.80. The third-order valence-corrected chi connectivity index (χ3v) is 3.68. The first-order valence-electron chi connectivity index (χ1n) is 6.21. The molecule has 0 radical (unpaired) electrons. The third kappa shape index (κ3) is 2.90. The Morgan fingerprint density at radius 1 is 1.42 bits per heavy atom. The highest BCUT2D eigenvalue weighted by Crippen LogP contribution is 2.34. The lowest BCUT2D eigenvalue weighted by Crippen LogP contribution is -2.43. The Balaban J connectivity index is 2.24. The molecule has 1 fully saturated rings. The maximum absolute atomic E-state index is 11.5. The molecular formula is C13H16N2O4. The van der Waals surface area contributed by atoms with Gasteiger partial charge in [-0.1, -0.05) is 12.1 Å². The Morgan fingerprint density at radius 3 is 2.68 bits per heavy atom. The van der Waals surface area contributed by atoms with Crippen LogP contribution in [0.2, 0.25) is 0 Å². The number of benzene rings is 1. The van der Waals surface area contributed by atoms with Gasteiger partial charge >= 0.3 is 5.97 Å². The van der Waals surface area contributed by atoms with E-state index in [-0.39, 0.29) is 5.69 Å². The number of hydrogen-bond donors (Lipinski definition) is 2. The first-order valence-corrected chi connectivity index (χ1v) is 6.21. The normalized spacial score (nSPS) is 17.9. The summed E-state index contributed by atoms with van der Waals surface area (Å²) < 4.78 is 0. The summed E-state index contributed by atoms with van der Waals surface area (Å²) in [7, 11) is 0. The molecule has 0 unspecified atom stereocenters. The molecule has 0 aromatic heterocycles. The zero-order valence-electron chi connectivity index (χ0n) is 10.5. The molecule has 1 saturated heterocycles. The van der Waals surface area contributed by atoms with Gasteiger partial charge in [0.15, 0.2) is 0 Å². The number of carboxylic acids is 1. The van der Waals surface area contributed by atoms with Crippen LogP contribution in [0.3, 0.4) is 0 Å². The van der Waals surface area contributed by atoms with Crippen LogP contribution in [0.5, 0.6) is 0 Å².